The first-order chi connectivity index (χ1) is 18.2. The third-order valence-electron chi connectivity index (χ3n) is 6.85. The van der Waals surface area contributed by atoms with E-state index >= 15 is 0 Å². The number of para-hydroxylation sites is 4. The Bertz CT molecular complexity index is 1770. The topological polar surface area (TPSA) is 55.8 Å². The number of rotatable bonds is 5. The van der Waals surface area contributed by atoms with Crippen molar-refractivity contribution in [1.82, 2.24) is 4.57 Å². The van der Waals surface area contributed by atoms with Gasteiger partial charge < -0.3 is 14.9 Å². The Kier molecular flexibility index (Phi) is 5.52. The summed E-state index contributed by atoms with van der Waals surface area (Å²) < 4.78 is 2.16. The lowest BCUT2D eigenvalue weighted by molar-refractivity contribution is 1.16. The number of fused-ring (bicyclic) bond motifs is 3. The number of aryl methyl sites for hydroxylation is 1. The lowest BCUT2D eigenvalue weighted by atomic mass is 10.0. The molecule has 0 radical (unpaired) electrons. The summed E-state index contributed by atoms with van der Waals surface area (Å²) in [5.41, 5.74) is 7.95. The first kappa shape index (κ1) is 22.3. The van der Waals surface area contributed by atoms with Crippen molar-refractivity contribution in [3.05, 3.63) is 132 Å². The first-order valence-corrected chi connectivity index (χ1v) is 12.2. The second-order valence-electron chi connectivity index (χ2n) is 9.01. The average molecular weight is 477 g/mol. The molecule has 0 aliphatic heterocycles. The van der Waals surface area contributed by atoms with Crippen LogP contribution in [-0.2, 0) is 0 Å². The minimum absolute atomic E-state index is 0.537. The molecule has 0 spiro atoms. The van der Waals surface area contributed by atoms with Gasteiger partial charge in [-0.05, 0) is 55.0 Å². The number of anilines is 3. The van der Waals surface area contributed by atoms with Crippen LogP contribution in [0.2, 0.25) is 0 Å². The van der Waals surface area contributed by atoms with E-state index in [-0.39, 0.29) is 0 Å². The van der Waals surface area contributed by atoms with E-state index in [1.165, 1.54) is 6.21 Å². The highest BCUT2D eigenvalue weighted by Crippen LogP contribution is 2.41. The van der Waals surface area contributed by atoms with Crippen molar-refractivity contribution in [2.24, 2.45) is 0 Å². The van der Waals surface area contributed by atoms with E-state index in [0.717, 1.165) is 55.7 Å². The Morgan fingerprint density at radius 1 is 0.730 bits per heavy atom. The molecule has 176 valence electrons. The van der Waals surface area contributed by atoms with E-state index < -0.39 is 0 Å². The first-order valence-electron chi connectivity index (χ1n) is 12.2. The van der Waals surface area contributed by atoms with Gasteiger partial charge in [0.2, 0.25) is 0 Å². The summed E-state index contributed by atoms with van der Waals surface area (Å²) in [7, 11) is 0. The van der Waals surface area contributed by atoms with Gasteiger partial charge in [-0.2, -0.15) is 5.26 Å². The number of nitrogens with zero attached hydrogens (tertiary/aromatic N) is 3. The summed E-state index contributed by atoms with van der Waals surface area (Å²) in [5.74, 6) is 0. The van der Waals surface area contributed by atoms with Gasteiger partial charge in [0, 0.05) is 33.9 Å². The van der Waals surface area contributed by atoms with Gasteiger partial charge in [-0.25, -0.2) is 0 Å². The summed E-state index contributed by atoms with van der Waals surface area (Å²) in [6, 6.07) is 41.1. The van der Waals surface area contributed by atoms with Crippen LogP contribution < -0.4 is 4.90 Å². The maximum atomic E-state index is 10.4. The molecule has 0 unspecified atom stereocenters. The molecule has 0 bridgehead atoms. The van der Waals surface area contributed by atoms with Gasteiger partial charge in [0.05, 0.1) is 28.0 Å². The van der Waals surface area contributed by atoms with E-state index in [4.69, 9.17) is 5.41 Å². The van der Waals surface area contributed by atoms with Crippen molar-refractivity contribution < 1.29 is 0 Å². The average Bonchev–Trinajstić information content (AvgIpc) is 3.29. The van der Waals surface area contributed by atoms with Gasteiger partial charge in [-0.3, -0.25) is 0 Å². The van der Waals surface area contributed by atoms with Crippen molar-refractivity contribution >= 4 is 45.1 Å². The molecular formula is C33H24N4. The molecule has 0 saturated heterocycles. The lowest BCUT2D eigenvalue weighted by Crippen LogP contribution is -2.14. The molecule has 4 nitrogen and oxygen atoms in total. The number of nitriles is 1. The Morgan fingerprint density at radius 2 is 1.32 bits per heavy atom. The maximum absolute atomic E-state index is 10.4. The fourth-order valence-corrected chi connectivity index (χ4v) is 5.16. The molecule has 1 aromatic heterocycles. The molecule has 1 heterocycles. The number of hydrogen-bond acceptors (Lipinski definition) is 3. The standard InChI is InChI=1S/C33H24N4/c1-23-11-5-8-16-29(23)36(26-12-3-2-4-13-26)32-19-25(22-35)33(20-24(32)21-34)37-30-17-9-6-14-27(30)28-15-7-10-18-31(28)37/h2-20,22,35H,1H3. The van der Waals surface area contributed by atoms with Crippen LogP contribution in [0.5, 0.6) is 0 Å². The highest BCUT2D eigenvalue weighted by molar-refractivity contribution is 6.10. The monoisotopic (exact) mass is 476 g/mol. The lowest BCUT2D eigenvalue weighted by Gasteiger charge is -2.28. The van der Waals surface area contributed by atoms with Gasteiger partial charge in [0.1, 0.15) is 6.07 Å². The fraction of sp³-hybridized carbons (Fsp3) is 0.0303. The predicted molar refractivity (Wildman–Crippen MR) is 153 cm³/mol. The minimum atomic E-state index is 0.537. The molecule has 6 aromatic rings. The minimum Gasteiger partial charge on any atom is -0.309 e. The number of hydrogen-bond donors (Lipinski definition) is 1. The fourth-order valence-electron chi connectivity index (χ4n) is 5.16. The molecule has 4 heteroatoms. The zero-order chi connectivity index (χ0) is 25.4. The normalized spacial score (nSPS) is 10.9. The zero-order valence-corrected chi connectivity index (χ0v) is 20.4. The van der Waals surface area contributed by atoms with Crippen LogP contribution in [0.3, 0.4) is 0 Å². The molecule has 37 heavy (non-hydrogen) atoms. The molecule has 6 rings (SSSR count). The quantitative estimate of drug-likeness (QED) is 0.254. The van der Waals surface area contributed by atoms with Crippen LogP contribution in [-0.4, -0.2) is 10.8 Å². The maximum Gasteiger partial charge on any atom is 0.101 e. The van der Waals surface area contributed by atoms with Crippen LogP contribution in [0.4, 0.5) is 17.1 Å². The van der Waals surface area contributed by atoms with Crippen molar-refractivity contribution in [2.45, 2.75) is 6.92 Å². The smallest absolute Gasteiger partial charge is 0.101 e. The summed E-state index contributed by atoms with van der Waals surface area (Å²) in [4.78, 5) is 2.11. The van der Waals surface area contributed by atoms with Crippen LogP contribution in [0.25, 0.3) is 27.5 Å². The molecule has 0 saturated carbocycles. The summed E-state index contributed by atoms with van der Waals surface area (Å²) in [6.45, 7) is 2.07. The molecule has 1 N–H and O–H groups in total. The van der Waals surface area contributed by atoms with Gasteiger partial charge >= 0.3 is 0 Å². The molecule has 0 aliphatic carbocycles. The van der Waals surface area contributed by atoms with Gasteiger partial charge in [0.15, 0.2) is 0 Å². The highest BCUT2D eigenvalue weighted by atomic mass is 15.1. The van der Waals surface area contributed by atoms with Crippen LogP contribution >= 0.6 is 0 Å². The molecule has 0 amide bonds. The number of aromatic nitrogens is 1. The zero-order valence-electron chi connectivity index (χ0n) is 20.4. The summed E-state index contributed by atoms with van der Waals surface area (Å²) >= 11 is 0. The highest BCUT2D eigenvalue weighted by Gasteiger charge is 2.21. The third kappa shape index (κ3) is 3.65. The summed E-state index contributed by atoms with van der Waals surface area (Å²) in [6.07, 6.45) is 1.38. The molecule has 0 fully saturated rings. The molecule has 0 atom stereocenters. The van der Waals surface area contributed by atoms with Crippen LogP contribution in [0, 0.1) is 23.7 Å². The molecule has 0 aliphatic rings. The Morgan fingerprint density at radius 3 is 1.95 bits per heavy atom. The van der Waals surface area contributed by atoms with Gasteiger partial charge in [0.25, 0.3) is 0 Å². The Labute approximate surface area is 215 Å². The van der Waals surface area contributed by atoms with Crippen LogP contribution in [0.15, 0.2) is 115 Å². The van der Waals surface area contributed by atoms with Crippen molar-refractivity contribution in [2.75, 3.05) is 4.90 Å². The summed E-state index contributed by atoms with van der Waals surface area (Å²) in [5, 5.41) is 21.1. The number of nitrogens with one attached hydrogen (secondary N) is 1. The molecule has 5 aromatic carbocycles. The van der Waals surface area contributed by atoms with Gasteiger partial charge in [-0.1, -0.05) is 72.8 Å². The van der Waals surface area contributed by atoms with Crippen molar-refractivity contribution in [3.63, 3.8) is 0 Å². The van der Waals surface area contributed by atoms with E-state index in [0.29, 0.717) is 5.56 Å². The second kappa shape index (κ2) is 9.14. The van der Waals surface area contributed by atoms with E-state index in [2.05, 4.69) is 58.9 Å². The van der Waals surface area contributed by atoms with Gasteiger partial charge in [-0.15, -0.1) is 0 Å². The van der Waals surface area contributed by atoms with E-state index in [1.54, 1.807) is 0 Å². The van der Waals surface area contributed by atoms with Crippen molar-refractivity contribution in [3.8, 4) is 11.8 Å². The number of benzene rings is 5. The SMILES string of the molecule is Cc1ccccc1N(c1ccccc1)c1cc(C=N)c(-n2c3ccccc3c3ccccc32)cc1C#N. The van der Waals surface area contributed by atoms with E-state index in [9.17, 15) is 5.26 Å². The third-order valence-corrected chi connectivity index (χ3v) is 6.85. The molecular weight excluding hydrogens is 452 g/mol. The second-order valence-corrected chi connectivity index (χ2v) is 9.01. The Balaban J connectivity index is 1.67. The Hall–Kier alpha value is -5.14. The van der Waals surface area contributed by atoms with E-state index in [1.807, 2.05) is 78.9 Å². The predicted octanol–water partition coefficient (Wildman–Crippen LogP) is 8.43. The van der Waals surface area contributed by atoms with Crippen LogP contribution in [0.1, 0.15) is 16.7 Å². The van der Waals surface area contributed by atoms with Crippen molar-refractivity contribution in [1.29, 1.82) is 10.7 Å². The largest absolute Gasteiger partial charge is 0.309 e.